The number of hydrogen-bond acceptors (Lipinski definition) is 10. The maximum absolute atomic E-state index is 14.3. The number of fused-ring (bicyclic) bond motifs is 12. The Morgan fingerprint density at radius 1 is 0.323 bits per heavy atom. The van der Waals surface area contributed by atoms with Gasteiger partial charge in [-0.3, -0.25) is 0 Å². The van der Waals surface area contributed by atoms with E-state index in [1.54, 1.807) is 0 Å². The lowest BCUT2D eigenvalue weighted by atomic mass is 9.77. The molecule has 0 fully saturated rings. The largest absolute Gasteiger partial charge is 0.456 e. The van der Waals surface area contributed by atoms with Gasteiger partial charge in [0.1, 0.15) is 23.0 Å². The van der Waals surface area contributed by atoms with Crippen LogP contribution in [-0.4, -0.2) is 25.0 Å². The van der Waals surface area contributed by atoms with Gasteiger partial charge in [-0.1, -0.05) is 172 Å². The Bertz CT molecular complexity index is 4840. The maximum atomic E-state index is 14.3. The third-order valence-electron chi connectivity index (χ3n) is 20.8. The number of esters is 2. The summed E-state index contributed by atoms with van der Waals surface area (Å²) >= 11 is 0. The van der Waals surface area contributed by atoms with Crippen molar-refractivity contribution in [2.75, 3.05) is 32.7 Å². The average molecular weight is 1300 g/mol. The van der Waals surface area contributed by atoms with Crippen LogP contribution in [0.2, 0.25) is 0 Å². The number of nitrogens with zero attached hydrogens (tertiary/aromatic N) is 4. The highest BCUT2D eigenvalue weighted by molar-refractivity contribution is 5.98. The van der Waals surface area contributed by atoms with Crippen LogP contribution < -0.4 is 29.1 Å². The van der Waals surface area contributed by atoms with Crippen LogP contribution in [0.1, 0.15) is 126 Å². The highest BCUT2D eigenvalue weighted by Crippen LogP contribution is 2.60. The molecule has 10 nitrogen and oxygen atoms in total. The van der Waals surface area contributed by atoms with Crippen LogP contribution in [0, 0.1) is 27.7 Å². The Labute approximate surface area is 579 Å². The van der Waals surface area contributed by atoms with Crippen LogP contribution in [-0.2, 0) is 39.2 Å². The summed E-state index contributed by atoms with van der Waals surface area (Å²) in [5.74, 6) is 1.81. The van der Waals surface area contributed by atoms with E-state index < -0.39 is 16.6 Å². The monoisotopic (exact) mass is 1300 g/mol. The molecule has 16 rings (SSSR count). The van der Waals surface area contributed by atoms with Gasteiger partial charge in [-0.2, -0.15) is 0 Å². The van der Waals surface area contributed by atoms with Crippen molar-refractivity contribution in [2.45, 2.75) is 85.1 Å². The van der Waals surface area contributed by atoms with Gasteiger partial charge in [0, 0.05) is 123 Å². The Morgan fingerprint density at radius 3 is 1.07 bits per heavy atom. The van der Waals surface area contributed by atoms with Crippen LogP contribution in [0.15, 0.2) is 267 Å². The molecule has 12 aromatic rings. The van der Waals surface area contributed by atoms with Crippen molar-refractivity contribution in [1.29, 1.82) is 0 Å². The lowest BCUT2D eigenvalue weighted by Crippen LogP contribution is -2.33. The van der Waals surface area contributed by atoms with Gasteiger partial charge in [0.15, 0.2) is 11.2 Å². The second-order valence-corrected chi connectivity index (χ2v) is 27.0. The molecule has 4 heterocycles. The van der Waals surface area contributed by atoms with Crippen molar-refractivity contribution in [3.05, 3.63) is 356 Å². The van der Waals surface area contributed by atoms with E-state index in [2.05, 4.69) is 293 Å². The van der Waals surface area contributed by atoms with E-state index >= 15 is 0 Å². The van der Waals surface area contributed by atoms with E-state index in [0.717, 1.165) is 125 Å². The SMILES string of the molecule is CCN(c1ccc2c(c1)Oc1cc(C)c(N(Cc3ccccc3)c3ccc(C(C)(C)c4ccc(N(Cc5ccccc5)c5cc6c(cc5C)Oc5cc(N(CC)c7ccccc7C)ccc5C65OC(=O)c6ccccc65)cc4)cc3)cc1C21OC(=O)c2ccccc21)c1ccccc1C. The number of aryl methyl sites for hydroxylation is 4. The first kappa shape index (κ1) is 62.2. The van der Waals surface area contributed by atoms with Crippen molar-refractivity contribution in [3.63, 3.8) is 0 Å². The number of anilines is 8. The maximum Gasteiger partial charge on any atom is 0.340 e. The first-order chi connectivity index (χ1) is 48.2. The molecule has 0 radical (unpaired) electrons. The van der Waals surface area contributed by atoms with Crippen LogP contribution in [0.25, 0.3) is 0 Å². The van der Waals surface area contributed by atoms with Crippen molar-refractivity contribution in [1.82, 2.24) is 0 Å². The summed E-state index contributed by atoms with van der Waals surface area (Å²) < 4.78 is 27.8. The quantitative estimate of drug-likeness (QED) is 0.0872. The van der Waals surface area contributed by atoms with E-state index in [4.69, 9.17) is 18.9 Å². The van der Waals surface area contributed by atoms with E-state index in [1.807, 2.05) is 48.5 Å². The Kier molecular flexibility index (Phi) is 15.4. The number of benzene rings is 12. The van der Waals surface area contributed by atoms with Gasteiger partial charge < -0.3 is 38.5 Å². The molecule has 2 spiro atoms. The number of carbonyl (C=O) groups excluding carboxylic acids is 2. The van der Waals surface area contributed by atoms with Gasteiger partial charge in [0.05, 0.1) is 11.1 Å². The number of ether oxygens (including phenoxy) is 4. The Balaban J connectivity index is 0.747. The van der Waals surface area contributed by atoms with E-state index in [-0.39, 0.29) is 11.9 Å². The molecule has 12 aromatic carbocycles. The molecular weight excluding hydrogens is 1220 g/mol. The van der Waals surface area contributed by atoms with Gasteiger partial charge in [-0.15, -0.1) is 0 Å². The molecule has 10 heteroatoms. The fourth-order valence-electron chi connectivity index (χ4n) is 15.7. The van der Waals surface area contributed by atoms with Crippen molar-refractivity contribution in [3.8, 4) is 23.0 Å². The zero-order valence-electron chi connectivity index (χ0n) is 57.0. The first-order valence-electron chi connectivity index (χ1n) is 34.3. The van der Waals surface area contributed by atoms with Crippen molar-refractivity contribution < 1.29 is 28.5 Å². The van der Waals surface area contributed by atoms with Crippen LogP contribution >= 0.6 is 0 Å². The molecule has 2 atom stereocenters. The molecule has 488 valence electrons. The predicted octanol–water partition coefficient (Wildman–Crippen LogP) is 21.4. The van der Waals surface area contributed by atoms with E-state index in [0.29, 0.717) is 47.2 Å². The molecule has 0 aliphatic carbocycles. The zero-order chi connectivity index (χ0) is 67.9. The number of para-hydroxylation sites is 2. The topological polar surface area (TPSA) is 84.0 Å². The summed E-state index contributed by atoms with van der Waals surface area (Å²) in [6.45, 7) is 20.0. The first-order valence-corrected chi connectivity index (χ1v) is 34.3. The molecule has 4 aliphatic heterocycles. The second-order valence-electron chi connectivity index (χ2n) is 27.0. The molecule has 0 saturated heterocycles. The van der Waals surface area contributed by atoms with Gasteiger partial charge in [-0.25, -0.2) is 9.59 Å². The third-order valence-corrected chi connectivity index (χ3v) is 20.8. The molecule has 4 aliphatic rings. The summed E-state index contributed by atoms with van der Waals surface area (Å²) in [7, 11) is 0. The second kappa shape index (κ2) is 24.5. The molecule has 99 heavy (non-hydrogen) atoms. The Hall–Kier alpha value is -11.6. The van der Waals surface area contributed by atoms with Gasteiger partial charge in [-0.05, 0) is 183 Å². The van der Waals surface area contributed by atoms with Crippen molar-refractivity contribution in [2.24, 2.45) is 0 Å². The fourth-order valence-corrected chi connectivity index (χ4v) is 15.7. The minimum absolute atomic E-state index is 0.372. The third kappa shape index (κ3) is 10.3. The smallest absolute Gasteiger partial charge is 0.340 e. The molecule has 0 bridgehead atoms. The van der Waals surface area contributed by atoms with Crippen molar-refractivity contribution >= 4 is 57.4 Å². The lowest BCUT2D eigenvalue weighted by Gasteiger charge is -2.39. The summed E-state index contributed by atoms with van der Waals surface area (Å²) in [4.78, 5) is 37.8. The van der Waals surface area contributed by atoms with Gasteiger partial charge in [0.2, 0.25) is 0 Å². The van der Waals surface area contributed by atoms with E-state index in [1.165, 1.54) is 11.1 Å². The summed E-state index contributed by atoms with van der Waals surface area (Å²) in [5, 5.41) is 0. The molecule has 0 saturated carbocycles. The number of rotatable bonds is 16. The van der Waals surface area contributed by atoms with Crippen LogP contribution in [0.3, 0.4) is 0 Å². The summed E-state index contributed by atoms with van der Waals surface area (Å²) in [6.07, 6.45) is 0. The average Bonchev–Trinajstić information content (AvgIpc) is 1.63. The van der Waals surface area contributed by atoms with Gasteiger partial charge >= 0.3 is 11.9 Å². The number of hydrogen-bond donors (Lipinski definition) is 0. The predicted molar refractivity (Wildman–Crippen MR) is 396 cm³/mol. The molecule has 0 N–H and O–H groups in total. The fraction of sp³-hybridized carbons (Fsp3) is 0.169. The molecule has 0 amide bonds. The molecular formula is C89H76N4O6. The summed E-state index contributed by atoms with van der Waals surface area (Å²) in [6, 6.07) is 92.6. The number of carbonyl (C=O) groups is 2. The summed E-state index contributed by atoms with van der Waals surface area (Å²) in [5.41, 5.74) is 19.7. The molecule has 0 aromatic heterocycles. The highest BCUT2D eigenvalue weighted by atomic mass is 16.6. The standard InChI is InChI=1S/C89H76N4O6/c1-9-90(77-35-23-17-25-57(77)3)67-45-47-73-83(51-67)96-81-49-59(5)79(53-75(81)88(73)71-33-21-19-31-69(71)85(94)98-88)92(55-61-27-13-11-14-28-61)65-41-37-63(38-42-65)87(7,8)64-39-43-66(44-40-64)93(56-62-29-15-12-16-30-62)80-54-76-82(50-60(80)6)97-84-52-68(91(10-2)78-36-24-18-26-58(78)4)46-48-74(84)89(76)72-34-22-20-32-70(72)86(95)99-89/h11-54H,9-10,55-56H2,1-8H3. The van der Waals surface area contributed by atoms with E-state index in [9.17, 15) is 9.59 Å². The molecule has 2 unspecified atom stereocenters. The Morgan fingerprint density at radius 2 is 0.677 bits per heavy atom. The highest BCUT2D eigenvalue weighted by Gasteiger charge is 2.56. The normalized spacial score (nSPS) is 15.9. The minimum Gasteiger partial charge on any atom is -0.456 e. The lowest BCUT2D eigenvalue weighted by molar-refractivity contribution is 0.0214. The van der Waals surface area contributed by atoms with Crippen LogP contribution in [0.5, 0.6) is 23.0 Å². The zero-order valence-corrected chi connectivity index (χ0v) is 57.0. The van der Waals surface area contributed by atoms with Gasteiger partial charge in [0.25, 0.3) is 0 Å². The van der Waals surface area contributed by atoms with Crippen LogP contribution in [0.4, 0.5) is 45.5 Å². The minimum atomic E-state index is -1.29.